The first kappa shape index (κ1) is 15.0. The van der Waals surface area contributed by atoms with E-state index in [0.29, 0.717) is 25.0 Å². The van der Waals surface area contributed by atoms with Gasteiger partial charge in [-0.1, -0.05) is 6.07 Å². The zero-order valence-electron chi connectivity index (χ0n) is 11.5. The molecule has 0 unspecified atom stereocenters. The molecule has 20 heavy (non-hydrogen) atoms. The second-order valence-corrected chi connectivity index (χ2v) is 5.64. The molecule has 0 aliphatic carbocycles. The Morgan fingerprint density at radius 2 is 1.70 bits per heavy atom. The van der Waals surface area contributed by atoms with Gasteiger partial charge in [0.1, 0.15) is 5.56 Å². The molecule has 0 radical (unpaired) electrons. The Balaban J connectivity index is 2.52. The van der Waals surface area contributed by atoms with Crippen LogP contribution in [-0.4, -0.2) is 18.8 Å². The number of benzene rings is 1. The maximum Gasteiger partial charge on any atom is 0.420 e. The lowest BCUT2D eigenvalue weighted by atomic mass is 9.94. The first-order chi connectivity index (χ1) is 9.18. The van der Waals surface area contributed by atoms with Crippen molar-refractivity contribution < 1.29 is 22.6 Å². The molecule has 0 bridgehead atoms. The fourth-order valence-corrected chi connectivity index (χ4v) is 2.17. The summed E-state index contributed by atoms with van der Waals surface area (Å²) in [5.41, 5.74) is 5.25. The molecule has 1 aliphatic rings. The van der Waals surface area contributed by atoms with Crippen LogP contribution in [0, 0.1) is 0 Å². The molecule has 1 aliphatic heterocycles. The van der Waals surface area contributed by atoms with E-state index in [0.717, 1.165) is 6.07 Å². The Morgan fingerprint density at radius 3 is 2.25 bits per heavy atom. The third-order valence-corrected chi connectivity index (χ3v) is 2.93. The van der Waals surface area contributed by atoms with Crippen LogP contribution in [0.1, 0.15) is 31.4 Å². The highest BCUT2D eigenvalue weighted by atomic mass is 19.4. The van der Waals surface area contributed by atoms with Gasteiger partial charge >= 0.3 is 6.18 Å². The maximum atomic E-state index is 13.0. The molecule has 0 amide bonds. The fraction of sp³-hybridized carbons (Fsp3) is 0.571. The number of alkyl halides is 3. The smallest absolute Gasteiger partial charge is 0.420 e. The Hall–Kier alpha value is -1.43. The Labute approximate surface area is 115 Å². The molecular formula is C14H18F3NO2. The van der Waals surface area contributed by atoms with Crippen molar-refractivity contribution in [3.63, 3.8) is 0 Å². The van der Waals surface area contributed by atoms with E-state index in [2.05, 4.69) is 0 Å². The van der Waals surface area contributed by atoms with Crippen LogP contribution in [0.15, 0.2) is 12.1 Å². The van der Waals surface area contributed by atoms with Gasteiger partial charge in [0.05, 0.1) is 13.2 Å². The second kappa shape index (κ2) is 5.16. The molecule has 1 aromatic rings. The van der Waals surface area contributed by atoms with E-state index in [1.807, 2.05) is 13.8 Å². The lowest BCUT2D eigenvalue weighted by Gasteiger charge is -2.22. The summed E-state index contributed by atoms with van der Waals surface area (Å²) >= 11 is 0. The summed E-state index contributed by atoms with van der Waals surface area (Å²) in [4.78, 5) is 0. The highest BCUT2D eigenvalue weighted by Gasteiger charge is 2.37. The van der Waals surface area contributed by atoms with Crippen molar-refractivity contribution in [1.29, 1.82) is 0 Å². The van der Waals surface area contributed by atoms with E-state index in [4.69, 9.17) is 15.2 Å². The monoisotopic (exact) mass is 289 g/mol. The number of hydrogen-bond donors (Lipinski definition) is 1. The summed E-state index contributed by atoms with van der Waals surface area (Å²) < 4.78 is 49.8. The first-order valence-corrected chi connectivity index (χ1v) is 6.46. The minimum absolute atomic E-state index is 0.177. The summed E-state index contributed by atoms with van der Waals surface area (Å²) in [5.74, 6) is -0.0346. The molecule has 0 saturated heterocycles. The van der Waals surface area contributed by atoms with Gasteiger partial charge in [-0.2, -0.15) is 13.2 Å². The van der Waals surface area contributed by atoms with E-state index in [9.17, 15) is 13.2 Å². The maximum absolute atomic E-state index is 13.0. The highest BCUT2D eigenvalue weighted by molar-refractivity contribution is 5.54. The molecule has 2 rings (SSSR count). The molecule has 0 fully saturated rings. The van der Waals surface area contributed by atoms with Crippen LogP contribution in [0.25, 0.3) is 0 Å². The molecule has 112 valence electrons. The van der Waals surface area contributed by atoms with Gasteiger partial charge in [0.25, 0.3) is 0 Å². The van der Waals surface area contributed by atoms with Crippen molar-refractivity contribution in [2.75, 3.05) is 13.2 Å². The molecule has 3 nitrogen and oxygen atoms in total. The van der Waals surface area contributed by atoms with Crippen LogP contribution in [0.4, 0.5) is 13.2 Å². The number of halogens is 3. The minimum Gasteiger partial charge on any atom is -0.489 e. The number of hydrogen-bond acceptors (Lipinski definition) is 3. The van der Waals surface area contributed by atoms with E-state index < -0.39 is 17.3 Å². The topological polar surface area (TPSA) is 44.5 Å². The van der Waals surface area contributed by atoms with Crippen molar-refractivity contribution in [2.45, 2.75) is 38.4 Å². The second-order valence-electron chi connectivity index (χ2n) is 5.64. The van der Waals surface area contributed by atoms with E-state index in [-0.39, 0.29) is 18.1 Å². The van der Waals surface area contributed by atoms with Crippen LogP contribution in [0.3, 0.4) is 0 Å². The van der Waals surface area contributed by atoms with Crippen LogP contribution < -0.4 is 15.2 Å². The third kappa shape index (κ3) is 3.36. The van der Waals surface area contributed by atoms with E-state index >= 15 is 0 Å². The lowest BCUT2D eigenvalue weighted by Crippen LogP contribution is -2.34. The zero-order chi connectivity index (χ0) is 15.0. The summed E-state index contributed by atoms with van der Waals surface area (Å²) in [6, 6.07) is 2.46. The Kier molecular flexibility index (Phi) is 3.86. The predicted octanol–water partition coefficient (Wildman–Crippen LogP) is 3.15. The van der Waals surface area contributed by atoms with Gasteiger partial charge in [-0.15, -0.1) is 0 Å². The van der Waals surface area contributed by atoms with Crippen LogP contribution in [0.5, 0.6) is 11.5 Å². The Bertz CT molecular complexity index is 492. The normalized spacial score (nSPS) is 15.9. The number of ether oxygens (including phenoxy) is 2. The first-order valence-electron chi connectivity index (χ1n) is 6.46. The molecule has 2 N–H and O–H groups in total. The number of rotatable bonds is 2. The van der Waals surface area contributed by atoms with E-state index in [1.54, 1.807) is 0 Å². The summed E-state index contributed by atoms with van der Waals surface area (Å²) in [5, 5.41) is 0. The standard InChI is InChI=1S/C14H18F3NO2/c1-13(2,18)8-9-4-5-10(14(15,16)17)12-11(9)19-6-3-7-20-12/h4-5H,3,6-8,18H2,1-2H3. The van der Waals surface area contributed by atoms with Crippen molar-refractivity contribution in [2.24, 2.45) is 5.73 Å². The predicted molar refractivity (Wildman–Crippen MR) is 69.0 cm³/mol. The SMILES string of the molecule is CC(C)(N)Cc1ccc(C(F)(F)F)c2c1OCCCO2. The molecule has 0 spiro atoms. The van der Waals surface area contributed by atoms with Crippen molar-refractivity contribution in [3.8, 4) is 11.5 Å². The van der Waals surface area contributed by atoms with E-state index in [1.165, 1.54) is 6.07 Å². The molecule has 1 aromatic carbocycles. The zero-order valence-corrected chi connectivity index (χ0v) is 11.5. The largest absolute Gasteiger partial charge is 0.489 e. The van der Waals surface area contributed by atoms with Crippen LogP contribution in [-0.2, 0) is 12.6 Å². The molecule has 0 saturated carbocycles. The molecule has 0 atom stereocenters. The lowest BCUT2D eigenvalue weighted by molar-refractivity contribution is -0.139. The highest BCUT2D eigenvalue weighted by Crippen LogP contribution is 2.45. The van der Waals surface area contributed by atoms with Gasteiger partial charge in [0, 0.05) is 12.0 Å². The molecule has 1 heterocycles. The quantitative estimate of drug-likeness (QED) is 0.909. The van der Waals surface area contributed by atoms with Crippen molar-refractivity contribution in [3.05, 3.63) is 23.3 Å². The van der Waals surface area contributed by atoms with Gasteiger partial charge in [0.2, 0.25) is 0 Å². The molecule has 0 aromatic heterocycles. The van der Waals surface area contributed by atoms with Gasteiger partial charge in [-0.25, -0.2) is 0 Å². The third-order valence-electron chi connectivity index (χ3n) is 2.93. The van der Waals surface area contributed by atoms with Crippen molar-refractivity contribution in [1.82, 2.24) is 0 Å². The van der Waals surface area contributed by atoms with Gasteiger partial charge in [0.15, 0.2) is 11.5 Å². The van der Waals surface area contributed by atoms with Crippen LogP contribution in [0.2, 0.25) is 0 Å². The van der Waals surface area contributed by atoms with Gasteiger partial charge in [-0.05, 0) is 31.9 Å². The Morgan fingerprint density at radius 1 is 1.10 bits per heavy atom. The summed E-state index contributed by atoms with van der Waals surface area (Å²) in [6.45, 7) is 4.18. The number of nitrogens with two attached hydrogens (primary N) is 1. The fourth-order valence-electron chi connectivity index (χ4n) is 2.17. The number of fused-ring (bicyclic) bond motifs is 1. The average Bonchev–Trinajstić information content (AvgIpc) is 2.51. The molecule has 6 heteroatoms. The van der Waals surface area contributed by atoms with Gasteiger partial charge < -0.3 is 15.2 Å². The summed E-state index contributed by atoms with van der Waals surface area (Å²) in [7, 11) is 0. The molecular weight excluding hydrogens is 271 g/mol. The van der Waals surface area contributed by atoms with Gasteiger partial charge in [-0.3, -0.25) is 0 Å². The summed E-state index contributed by atoms with van der Waals surface area (Å²) in [6.07, 6.45) is -3.50. The van der Waals surface area contributed by atoms with Crippen molar-refractivity contribution >= 4 is 0 Å². The average molecular weight is 289 g/mol. The van der Waals surface area contributed by atoms with Crippen LogP contribution >= 0.6 is 0 Å². The minimum atomic E-state index is -4.46.